The fourth-order valence-electron chi connectivity index (χ4n) is 2.07. The van der Waals surface area contributed by atoms with Crippen LogP contribution in [0.3, 0.4) is 0 Å². The molecule has 0 radical (unpaired) electrons. The summed E-state index contributed by atoms with van der Waals surface area (Å²) in [5, 5.41) is 0. The molecule has 1 aromatic carbocycles. The van der Waals surface area contributed by atoms with Crippen molar-refractivity contribution in [2.45, 2.75) is 19.4 Å². The number of nitrogens with zero attached hydrogens (tertiary/aromatic N) is 1. The highest BCUT2D eigenvalue weighted by Crippen LogP contribution is 2.21. The van der Waals surface area contributed by atoms with Gasteiger partial charge in [-0.1, -0.05) is 12.1 Å². The molecule has 2 rings (SSSR count). The number of nitrogens with two attached hydrogens (primary N) is 1. The lowest BCUT2D eigenvalue weighted by Gasteiger charge is -2.17. The van der Waals surface area contributed by atoms with E-state index in [0.29, 0.717) is 24.5 Å². The molecular formula is C13H19ClN2O2. The second-order valence-electron chi connectivity index (χ2n) is 4.23. The van der Waals surface area contributed by atoms with E-state index in [9.17, 15) is 4.79 Å². The molecule has 100 valence electrons. The molecule has 0 aromatic heterocycles. The fourth-order valence-corrected chi connectivity index (χ4v) is 2.07. The van der Waals surface area contributed by atoms with Crippen molar-refractivity contribution in [1.29, 1.82) is 0 Å². The molecule has 1 amide bonds. The summed E-state index contributed by atoms with van der Waals surface area (Å²) in [5.74, 6) is 0.669. The van der Waals surface area contributed by atoms with E-state index in [4.69, 9.17) is 10.5 Å². The third-order valence-corrected chi connectivity index (χ3v) is 2.93. The molecule has 18 heavy (non-hydrogen) atoms. The normalized spacial score (nSPS) is 18.3. The molecule has 1 aromatic rings. The standard InChI is InChI=1S/C13H18N2O2.ClH/c1-2-17-12-6-4-3-5-11(12)13(16)15-8-7-10(14)9-15;/h3-6,10H,2,7-9,14H2,1H3;1H/t10-;/m0./s1. The molecule has 0 spiro atoms. The Hall–Kier alpha value is -1.26. The van der Waals surface area contributed by atoms with Gasteiger partial charge in [0.25, 0.3) is 5.91 Å². The largest absolute Gasteiger partial charge is 0.493 e. The Morgan fingerprint density at radius 1 is 1.50 bits per heavy atom. The Morgan fingerprint density at radius 3 is 2.83 bits per heavy atom. The zero-order valence-corrected chi connectivity index (χ0v) is 11.3. The van der Waals surface area contributed by atoms with E-state index in [0.717, 1.165) is 13.0 Å². The van der Waals surface area contributed by atoms with Gasteiger partial charge in [-0.25, -0.2) is 0 Å². The Labute approximate surface area is 114 Å². The molecule has 4 nitrogen and oxygen atoms in total. The van der Waals surface area contributed by atoms with Gasteiger partial charge in [0.15, 0.2) is 0 Å². The van der Waals surface area contributed by atoms with Crippen LogP contribution in [0.2, 0.25) is 0 Å². The van der Waals surface area contributed by atoms with Crippen molar-refractivity contribution in [3.8, 4) is 5.75 Å². The van der Waals surface area contributed by atoms with Crippen molar-refractivity contribution in [3.05, 3.63) is 29.8 Å². The molecule has 1 heterocycles. The van der Waals surface area contributed by atoms with Gasteiger partial charge in [-0.3, -0.25) is 4.79 Å². The van der Waals surface area contributed by atoms with Crippen LogP contribution in [-0.2, 0) is 0 Å². The summed E-state index contributed by atoms with van der Waals surface area (Å²) in [4.78, 5) is 14.1. The van der Waals surface area contributed by atoms with Crippen LogP contribution in [0, 0.1) is 0 Å². The highest BCUT2D eigenvalue weighted by Gasteiger charge is 2.26. The number of carbonyl (C=O) groups excluding carboxylic acids is 1. The van der Waals surface area contributed by atoms with Gasteiger partial charge >= 0.3 is 0 Å². The van der Waals surface area contributed by atoms with Crippen molar-refractivity contribution in [1.82, 2.24) is 4.90 Å². The van der Waals surface area contributed by atoms with E-state index < -0.39 is 0 Å². The van der Waals surface area contributed by atoms with Crippen LogP contribution in [0.25, 0.3) is 0 Å². The van der Waals surface area contributed by atoms with Gasteiger partial charge in [-0.2, -0.15) is 0 Å². The number of halogens is 1. The van der Waals surface area contributed by atoms with Crippen LogP contribution >= 0.6 is 12.4 Å². The molecule has 1 atom stereocenters. The number of amides is 1. The zero-order valence-electron chi connectivity index (χ0n) is 10.5. The highest BCUT2D eigenvalue weighted by atomic mass is 35.5. The molecule has 0 aliphatic carbocycles. The molecular weight excluding hydrogens is 252 g/mol. The van der Waals surface area contributed by atoms with Gasteiger partial charge in [0, 0.05) is 19.1 Å². The van der Waals surface area contributed by atoms with Gasteiger partial charge in [0.1, 0.15) is 5.75 Å². The number of ether oxygens (including phenoxy) is 1. The second-order valence-corrected chi connectivity index (χ2v) is 4.23. The fraction of sp³-hybridized carbons (Fsp3) is 0.462. The molecule has 0 bridgehead atoms. The van der Waals surface area contributed by atoms with Crippen LogP contribution in [0.1, 0.15) is 23.7 Å². The molecule has 2 N–H and O–H groups in total. The van der Waals surface area contributed by atoms with Gasteiger partial charge in [0.05, 0.1) is 12.2 Å². The van der Waals surface area contributed by atoms with Crippen LogP contribution in [0.15, 0.2) is 24.3 Å². The van der Waals surface area contributed by atoms with Crippen LogP contribution in [0.5, 0.6) is 5.75 Å². The minimum atomic E-state index is 0. The average molecular weight is 271 g/mol. The van der Waals surface area contributed by atoms with Gasteiger partial charge < -0.3 is 15.4 Å². The quantitative estimate of drug-likeness (QED) is 0.909. The first-order chi connectivity index (χ1) is 8.22. The molecule has 0 saturated carbocycles. The Balaban J connectivity index is 0.00000162. The number of likely N-dealkylation sites (tertiary alicyclic amines) is 1. The molecule has 1 saturated heterocycles. The minimum Gasteiger partial charge on any atom is -0.493 e. The number of hydrogen-bond donors (Lipinski definition) is 1. The Kier molecular flexibility index (Phi) is 5.44. The summed E-state index contributed by atoms with van der Waals surface area (Å²) in [6.45, 7) is 3.84. The topological polar surface area (TPSA) is 55.6 Å². The van der Waals surface area contributed by atoms with E-state index in [1.165, 1.54) is 0 Å². The van der Waals surface area contributed by atoms with E-state index >= 15 is 0 Å². The van der Waals surface area contributed by atoms with Crippen molar-refractivity contribution < 1.29 is 9.53 Å². The second kappa shape index (κ2) is 6.61. The summed E-state index contributed by atoms with van der Waals surface area (Å²) >= 11 is 0. The smallest absolute Gasteiger partial charge is 0.257 e. The first-order valence-electron chi connectivity index (χ1n) is 5.99. The monoisotopic (exact) mass is 270 g/mol. The third kappa shape index (κ3) is 3.15. The van der Waals surface area contributed by atoms with Gasteiger partial charge in [-0.05, 0) is 25.5 Å². The highest BCUT2D eigenvalue weighted by molar-refractivity contribution is 5.97. The molecule has 1 aliphatic rings. The maximum absolute atomic E-state index is 12.3. The van der Waals surface area contributed by atoms with E-state index in [1.807, 2.05) is 25.1 Å². The van der Waals surface area contributed by atoms with E-state index in [2.05, 4.69) is 0 Å². The summed E-state index contributed by atoms with van der Waals surface area (Å²) in [6, 6.07) is 7.46. The predicted octanol–water partition coefficient (Wildman–Crippen LogP) is 1.68. The van der Waals surface area contributed by atoms with E-state index in [-0.39, 0.29) is 24.4 Å². The van der Waals surface area contributed by atoms with Crippen molar-refractivity contribution >= 4 is 18.3 Å². The van der Waals surface area contributed by atoms with Gasteiger partial charge in [-0.15, -0.1) is 12.4 Å². The summed E-state index contributed by atoms with van der Waals surface area (Å²) in [5.41, 5.74) is 6.44. The lowest BCUT2D eigenvalue weighted by molar-refractivity contribution is 0.0786. The Bertz CT molecular complexity index is 412. The summed E-state index contributed by atoms with van der Waals surface area (Å²) in [6.07, 6.45) is 0.878. The number of para-hydroxylation sites is 1. The van der Waals surface area contributed by atoms with Crippen molar-refractivity contribution in [2.24, 2.45) is 5.73 Å². The SMILES string of the molecule is CCOc1ccccc1C(=O)N1CC[C@H](N)C1.Cl. The first kappa shape index (κ1) is 14.8. The summed E-state index contributed by atoms with van der Waals surface area (Å²) in [7, 11) is 0. The number of rotatable bonds is 3. The zero-order chi connectivity index (χ0) is 12.3. The number of carbonyl (C=O) groups is 1. The van der Waals surface area contributed by atoms with E-state index in [1.54, 1.807) is 11.0 Å². The van der Waals surface area contributed by atoms with Crippen LogP contribution in [0.4, 0.5) is 0 Å². The number of hydrogen-bond acceptors (Lipinski definition) is 3. The molecule has 1 aliphatic heterocycles. The Morgan fingerprint density at radius 2 is 2.22 bits per heavy atom. The maximum atomic E-state index is 12.3. The first-order valence-corrected chi connectivity index (χ1v) is 5.99. The molecule has 0 unspecified atom stereocenters. The lowest BCUT2D eigenvalue weighted by Crippen LogP contribution is -2.32. The van der Waals surface area contributed by atoms with Crippen molar-refractivity contribution in [2.75, 3.05) is 19.7 Å². The summed E-state index contributed by atoms with van der Waals surface area (Å²) < 4.78 is 5.47. The third-order valence-electron chi connectivity index (χ3n) is 2.93. The maximum Gasteiger partial charge on any atom is 0.257 e. The predicted molar refractivity (Wildman–Crippen MR) is 73.4 cm³/mol. The average Bonchev–Trinajstić information content (AvgIpc) is 2.76. The van der Waals surface area contributed by atoms with Crippen LogP contribution in [-0.4, -0.2) is 36.5 Å². The van der Waals surface area contributed by atoms with Crippen molar-refractivity contribution in [3.63, 3.8) is 0 Å². The number of benzene rings is 1. The molecule has 5 heteroatoms. The minimum absolute atomic E-state index is 0. The lowest BCUT2D eigenvalue weighted by atomic mass is 10.2. The molecule has 1 fully saturated rings. The van der Waals surface area contributed by atoms with Gasteiger partial charge in [0.2, 0.25) is 0 Å². The van der Waals surface area contributed by atoms with Crippen LogP contribution < -0.4 is 10.5 Å².